The molecule has 1 heterocycles. The van der Waals surface area contributed by atoms with Crippen LogP contribution in [-0.2, 0) is 6.54 Å². The molecule has 100 valence electrons. The smallest absolute Gasteiger partial charge is 0.300 e. The average molecular weight is 259 g/mol. The Hall–Kier alpha value is -2.27. The summed E-state index contributed by atoms with van der Waals surface area (Å²) in [5, 5.41) is 0. The first kappa shape index (κ1) is 13.2. The first-order valence-electron chi connectivity index (χ1n) is 5.97. The molecule has 5 nitrogen and oxygen atoms in total. The summed E-state index contributed by atoms with van der Waals surface area (Å²) in [4.78, 5) is 13.3. The Morgan fingerprint density at radius 1 is 1.37 bits per heavy atom. The minimum atomic E-state index is -0.426. The zero-order valence-electron chi connectivity index (χ0n) is 11.0. The molecule has 0 spiro atoms. The lowest BCUT2D eigenvalue weighted by Gasteiger charge is -2.18. The summed E-state index contributed by atoms with van der Waals surface area (Å²) in [5.41, 5.74) is 4.34. The van der Waals surface area contributed by atoms with Gasteiger partial charge >= 0.3 is 5.91 Å². The van der Waals surface area contributed by atoms with Gasteiger partial charge in [0.1, 0.15) is 5.76 Å². The number of nitrogens with one attached hydrogen (secondary N) is 1. The van der Waals surface area contributed by atoms with E-state index in [1.807, 2.05) is 37.6 Å². The summed E-state index contributed by atoms with van der Waals surface area (Å²) < 4.78 is 5.42. The molecule has 1 aromatic heterocycles. The molecule has 0 fully saturated rings. The van der Waals surface area contributed by atoms with Crippen LogP contribution in [0.25, 0.3) is 0 Å². The van der Waals surface area contributed by atoms with Crippen LogP contribution < -0.4 is 16.2 Å². The van der Waals surface area contributed by atoms with Crippen molar-refractivity contribution >= 4 is 11.6 Å². The van der Waals surface area contributed by atoms with Crippen molar-refractivity contribution in [1.29, 1.82) is 0 Å². The maximum absolute atomic E-state index is 11.3. The minimum absolute atomic E-state index is 0.218. The van der Waals surface area contributed by atoms with Crippen molar-refractivity contribution in [3.63, 3.8) is 0 Å². The highest BCUT2D eigenvalue weighted by atomic mass is 16.4. The van der Waals surface area contributed by atoms with Gasteiger partial charge in [-0.2, -0.15) is 0 Å². The van der Waals surface area contributed by atoms with Gasteiger partial charge in [-0.05, 0) is 36.8 Å². The van der Waals surface area contributed by atoms with Crippen molar-refractivity contribution in [2.45, 2.75) is 13.5 Å². The van der Waals surface area contributed by atoms with E-state index >= 15 is 0 Å². The predicted octanol–water partition coefficient (Wildman–Crippen LogP) is 1.83. The predicted molar refractivity (Wildman–Crippen MR) is 73.6 cm³/mol. The van der Waals surface area contributed by atoms with Crippen LogP contribution in [0.3, 0.4) is 0 Å². The number of rotatable bonds is 4. The van der Waals surface area contributed by atoms with E-state index in [1.165, 1.54) is 5.56 Å². The van der Waals surface area contributed by atoms with Gasteiger partial charge in [-0.3, -0.25) is 10.2 Å². The molecule has 0 radical (unpaired) electrons. The zero-order valence-corrected chi connectivity index (χ0v) is 11.0. The summed E-state index contributed by atoms with van der Waals surface area (Å²) >= 11 is 0. The lowest BCUT2D eigenvalue weighted by molar-refractivity contribution is 0.0924. The van der Waals surface area contributed by atoms with E-state index in [-0.39, 0.29) is 5.76 Å². The number of carbonyl (C=O) groups is 1. The molecule has 0 atom stereocenters. The standard InChI is InChI=1S/C14H17N3O2/c1-10-4-3-5-11(8-10)17(2)9-12-6-7-13(19-12)14(18)16-15/h3-8H,9,15H2,1-2H3,(H,16,18). The van der Waals surface area contributed by atoms with Gasteiger partial charge in [0.05, 0.1) is 6.54 Å². The second kappa shape index (κ2) is 5.58. The number of nitrogens with two attached hydrogens (primary N) is 1. The van der Waals surface area contributed by atoms with Crippen LogP contribution in [0.1, 0.15) is 21.9 Å². The van der Waals surface area contributed by atoms with E-state index < -0.39 is 5.91 Å². The number of furan rings is 1. The van der Waals surface area contributed by atoms with Gasteiger partial charge in [0.15, 0.2) is 5.76 Å². The van der Waals surface area contributed by atoms with Crippen molar-refractivity contribution in [2.75, 3.05) is 11.9 Å². The van der Waals surface area contributed by atoms with Gasteiger partial charge < -0.3 is 9.32 Å². The Bertz CT molecular complexity index is 578. The lowest BCUT2D eigenvalue weighted by Crippen LogP contribution is -2.29. The molecule has 1 aromatic carbocycles. The van der Waals surface area contributed by atoms with Gasteiger partial charge in [0.2, 0.25) is 0 Å². The maximum atomic E-state index is 11.3. The molecule has 2 aromatic rings. The van der Waals surface area contributed by atoms with E-state index in [1.54, 1.807) is 12.1 Å². The normalized spacial score (nSPS) is 10.3. The Balaban J connectivity index is 2.08. The zero-order chi connectivity index (χ0) is 13.8. The molecule has 0 bridgehead atoms. The fourth-order valence-electron chi connectivity index (χ4n) is 1.85. The maximum Gasteiger partial charge on any atom is 0.300 e. The number of hydrogen-bond acceptors (Lipinski definition) is 4. The Morgan fingerprint density at radius 3 is 2.84 bits per heavy atom. The number of hydrazine groups is 1. The number of hydrogen-bond donors (Lipinski definition) is 2. The van der Waals surface area contributed by atoms with Gasteiger partial charge in [0, 0.05) is 12.7 Å². The highest BCUT2D eigenvalue weighted by molar-refractivity contribution is 5.90. The Kier molecular flexibility index (Phi) is 3.87. The molecule has 0 saturated carbocycles. The molecule has 0 unspecified atom stereocenters. The second-order valence-corrected chi connectivity index (χ2v) is 4.43. The molecule has 1 amide bonds. The number of aryl methyl sites for hydroxylation is 1. The summed E-state index contributed by atoms with van der Waals surface area (Å²) in [6.07, 6.45) is 0. The molecule has 0 saturated heterocycles. The number of nitrogen functional groups attached to an aromatic ring is 1. The second-order valence-electron chi connectivity index (χ2n) is 4.43. The third kappa shape index (κ3) is 3.14. The topological polar surface area (TPSA) is 71.5 Å². The highest BCUT2D eigenvalue weighted by Gasteiger charge is 2.11. The first-order chi connectivity index (χ1) is 9.10. The molecule has 0 aliphatic carbocycles. The Labute approximate surface area is 112 Å². The summed E-state index contributed by atoms with van der Waals surface area (Å²) in [6.45, 7) is 2.63. The van der Waals surface area contributed by atoms with Gasteiger partial charge in [-0.15, -0.1) is 0 Å². The molecular formula is C14H17N3O2. The van der Waals surface area contributed by atoms with Crippen LogP contribution in [0.5, 0.6) is 0 Å². The number of benzene rings is 1. The van der Waals surface area contributed by atoms with Gasteiger partial charge in [0.25, 0.3) is 0 Å². The van der Waals surface area contributed by atoms with Crippen molar-refractivity contribution in [2.24, 2.45) is 5.84 Å². The monoisotopic (exact) mass is 259 g/mol. The number of nitrogens with zero attached hydrogens (tertiary/aromatic N) is 1. The fraction of sp³-hybridized carbons (Fsp3) is 0.214. The lowest BCUT2D eigenvalue weighted by atomic mass is 10.2. The molecule has 19 heavy (non-hydrogen) atoms. The SMILES string of the molecule is Cc1cccc(N(C)Cc2ccc(C(=O)NN)o2)c1. The van der Waals surface area contributed by atoms with E-state index in [2.05, 4.69) is 11.0 Å². The molecule has 5 heteroatoms. The average Bonchev–Trinajstić information content (AvgIpc) is 2.86. The molecule has 3 N–H and O–H groups in total. The number of amides is 1. The first-order valence-corrected chi connectivity index (χ1v) is 5.97. The molecule has 0 aliphatic heterocycles. The largest absolute Gasteiger partial charge is 0.454 e. The Morgan fingerprint density at radius 2 is 2.16 bits per heavy atom. The van der Waals surface area contributed by atoms with Crippen molar-refractivity contribution < 1.29 is 9.21 Å². The fourth-order valence-corrected chi connectivity index (χ4v) is 1.85. The van der Waals surface area contributed by atoms with Crippen LogP contribution in [0, 0.1) is 6.92 Å². The summed E-state index contributed by atoms with van der Waals surface area (Å²) in [7, 11) is 1.97. The third-order valence-corrected chi connectivity index (χ3v) is 2.85. The van der Waals surface area contributed by atoms with Crippen LogP contribution in [0.4, 0.5) is 5.69 Å². The third-order valence-electron chi connectivity index (χ3n) is 2.85. The van der Waals surface area contributed by atoms with Crippen molar-refractivity contribution in [3.8, 4) is 0 Å². The molecule has 0 aliphatic rings. The van der Waals surface area contributed by atoms with Gasteiger partial charge in [-0.25, -0.2) is 5.84 Å². The highest BCUT2D eigenvalue weighted by Crippen LogP contribution is 2.18. The molecular weight excluding hydrogens is 242 g/mol. The van der Waals surface area contributed by atoms with E-state index in [0.717, 1.165) is 5.69 Å². The number of anilines is 1. The summed E-state index contributed by atoms with van der Waals surface area (Å²) in [5.74, 6) is 5.55. The minimum Gasteiger partial charge on any atom is -0.454 e. The van der Waals surface area contributed by atoms with Crippen LogP contribution in [0.15, 0.2) is 40.8 Å². The summed E-state index contributed by atoms with van der Waals surface area (Å²) in [6, 6.07) is 11.6. The van der Waals surface area contributed by atoms with E-state index in [0.29, 0.717) is 12.3 Å². The van der Waals surface area contributed by atoms with Gasteiger partial charge in [-0.1, -0.05) is 12.1 Å². The molecule has 2 rings (SSSR count). The van der Waals surface area contributed by atoms with Crippen molar-refractivity contribution in [1.82, 2.24) is 5.43 Å². The van der Waals surface area contributed by atoms with E-state index in [4.69, 9.17) is 10.3 Å². The van der Waals surface area contributed by atoms with E-state index in [9.17, 15) is 4.79 Å². The van der Waals surface area contributed by atoms with Crippen LogP contribution >= 0.6 is 0 Å². The number of carbonyl (C=O) groups excluding carboxylic acids is 1. The quantitative estimate of drug-likeness (QED) is 0.499. The van der Waals surface area contributed by atoms with Crippen LogP contribution in [0.2, 0.25) is 0 Å². The van der Waals surface area contributed by atoms with Crippen LogP contribution in [-0.4, -0.2) is 13.0 Å². The van der Waals surface area contributed by atoms with Crippen molar-refractivity contribution in [3.05, 3.63) is 53.5 Å².